The van der Waals surface area contributed by atoms with Gasteiger partial charge < -0.3 is 14.8 Å². The highest BCUT2D eigenvalue weighted by atomic mass is 79.9. The number of hydrogen-bond acceptors (Lipinski definition) is 3. The Labute approximate surface area is 167 Å². The molecule has 0 saturated carbocycles. The second-order valence-corrected chi connectivity index (χ2v) is 8.01. The van der Waals surface area contributed by atoms with Crippen LogP contribution in [0.2, 0.25) is 0 Å². The number of benzene rings is 2. The lowest BCUT2D eigenvalue weighted by Crippen LogP contribution is -2.19. The Hall–Kier alpha value is -0.880. The summed E-state index contributed by atoms with van der Waals surface area (Å²) in [6, 6.07) is 14.3. The van der Waals surface area contributed by atoms with E-state index in [0.29, 0.717) is 25.7 Å². The van der Waals surface area contributed by atoms with Gasteiger partial charge in [0.2, 0.25) is 0 Å². The first kappa shape index (κ1) is 20.4. The Bertz CT molecular complexity index is 624. The molecule has 0 aliphatic heterocycles. The minimum Gasteiger partial charge on any atom is -0.489 e. The number of rotatable bonds is 10. The predicted octanol–water partition coefficient (Wildman–Crippen LogP) is 5.55. The molecule has 2 aromatic carbocycles. The van der Waals surface area contributed by atoms with Crippen molar-refractivity contribution in [3.8, 4) is 5.75 Å². The number of halogens is 2. The molecule has 0 aromatic heterocycles. The highest BCUT2D eigenvalue weighted by Crippen LogP contribution is 2.34. The van der Waals surface area contributed by atoms with Gasteiger partial charge in [-0.15, -0.1) is 0 Å². The molecular formula is C20H25Br2NO2. The summed E-state index contributed by atoms with van der Waals surface area (Å²) in [4.78, 5) is 0. The molecule has 3 nitrogen and oxygen atoms in total. The first-order valence-electron chi connectivity index (χ1n) is 8.49. The fraction of sp³-hybridized carbons (Fsp3) is 0.400. The average Bonchev–Trinajstić information content (AvgIpc) is 2.57. The summed E-state index contributed by atoms with van der Waals surface area (Å²) >= 11 is 7.20. The van der Waals surface area contributed by atoms with E-state index in [1.165, 1.54) is 11.1 Å². The Kier molecular flexibility index (Phi) is 8.96. The van der Waals surface area contributed by atoms with Crippen molar-refractivity contribution in [3.63, 3.8) is 0 Å². The molecular weight excluding hydrogens is 446 g/mol. The van der Waals surface area contributed by atoms with Crippen LogP contribution in [0.5, 0.6) is 5.75 Å². The van der Waals surface area contributed by atoms with E-state index in [4.69, 9.17) is 9.47 Å². The molecule has 25 heavy (non-hydrogen) atoms. The van der Waals surface area contributed by atoms with Crippen molar-refractivity contribution in [1.29, 1.82) is 0 Å². The van der Waals surface area contributed by atoms with Gasteiger partial charge in [-0.3, -0.25) is 0 Å². The van der Waals surface area contributed by atoms with E-state index in [-0.39, 0.29) is 0 Å². The summed E-state index contributed by atoms with van der Waals surface area (Å²) in [7, 11) is 0. The van der Waals surface area contributed by atoms with Crippen molar-refractivity contribution in [1.82, 2.24) is 5.32 Å². The van der Waals surface area contributed by atoms with Crippen molar-refractivity contribution < 1.29 is 9.47 Å². The molecule has 0 bridgehead atoms. The van der Waals surface area contributed by atoms with Gasteiger partial charge in [0.05, 0.1) is 22.2 Å². The van der Waals surface area contributed by atoms with Crippen LogP contribution in [0.4, 0.5) is 0 Å². The quantitative estimate of drug-likeness (QED) is 0.461. The first-order valence-corrected chi connectivity index (χ1v) is 10.1. The van der Waals surface area contributed by atoms with Gasteiger partial charge in [0.1, 0.15) is 12.4 Å². The molecule has 0 heterocycles. The summed E-state index contributed by atoms with van der Waals surface area (Å²) in [6.45, 7) is 7.92. The van der Waals surface area contributed by atoms with Crippen molar-refractivity contribution in [2.24, 2.45) is 5.92 Å². The first-order chi connectivity index (χ1) is 12.1. The maximum atomic E-state index is 5.86. The minimum absolute atomic E-state index is 0.509. The molecule has 0 unspecified atom stereocenters. The molecule has 0 aliphatic rings. The molecule has 0 saturated heterocycles. The van der Waals surface area contributed by atoms with Gasteiger partial charge in [0.25, 0.3) is 0 Å². The summed E-state index contributed by atoms with van der Waals surface area (Å²) in [5, 5.41) is 3.45. The monoisotopic (exact) mass is 469 g/mol. The van der Waals surface area contributed by atoms with Gasteiger partial charge in [-0.25, -0.2) is 0 Å². The SMILES string of the molecule is CC(C)CNCc1cc(Br)c(OCCOCc2ccccc2)c(Br)c1. The lowest BCUT2D eigenvalue weighted by molar-refractivity contribution is 0.0884. The Morgan fingerprint density at radius 3 is 2.28 bits per heavy atom. The van der Waals surface area contributed by atoms with E-state index in [2.05, 4.69) is 75.3 Å². The zero-order chi connectivity index (χ0) is 18.1. The molecule has 0 radical (unpaired) electrons. The fourth-order valence-electron chi connectivity index (χ4n) is 2.32. The maximum absolute atomic E-state index is 5.86. The fourth-order valence-corrected chi connectivity index (χ4v) is 3.83. The third-order valence-corrected chi connectivity index (χ3v) is 4.70. The topological polar surface area (TPSA) is 30.5 Å². The smallest absolute Gasteiger partial charge is 0.147 e. The van der Waals surface area contributed by atoms with Gasteiger partial charge in [-0.05, 0) is 67.6 Å². The van der Waals surface area contributed by atoms with Crippen LogP contribution in [-0.2, 0) is 17.9 Å². The maximum Gasteiger partial charge on any atom is 0.147 e. The normalized spacial score (nSPS) is 11.1. The van der Waals surface area contributed by atoms with Crippen LogP contribution >= 0.6 is 31.9 Å². The third-order valence-electron chi connectivity index (χ3n) is 3.53. The van der Waals surface area contributed by atoms with E-state index < -0.39 is 0 Å². The Balaban J connectivity index is 1.77. The molecule has 0 atom stereocenters. The van der Waals surface area contributed by atoms with E-state index in [1.54, 1.807) is 0 Å². The van der Waals surface area contributed by atoms with Crippen LogP contribution in [0.25, 0.3) is 0 Å². The van der Waals surface area contributed by atoms with Crippen molar-refractivity contribution in [3.05, 3.63) is 62.5 Å². The van der Waals surface area contributed by atoms with Crippen LogP contribution in [0, 0.1) is 5.92 Å². The largest absolute Gasteiger partial charge is 0.489 e. The van der Waals surface area contributed by atoms with E-state index in [9.17, 15) is 0 Å². The molecule has 2 rings (SSSR count). The van der Waals surface area contributed by atoms with Crippen LogP contribution in [-0.4, -0.2) is 19.8 Å². The third kappa shape index (κ3) is 7.48. The Morgan fingerprint density at radius 1 is 0.960 bits per heavy atom. The molecule has 0 spiro atoms. The zero-order valence-electron chi connectivity index (χ0n) is 14.7. The van der Waals surface area contributed by atoms with E-state index >= 15 is 0 Å². The zero-order valence-corrected chi connectivity index (χ0v) is 17.9. The summed E-state index contributed by atoms with van der Waals surface area (Å²) in [5.74, 6) is 1.46. The number of hydrogen-bond donors (Lipinski definition) is 1. The molecule has 136 valence electrons. The summed E-state index contributed by atoms with van der Waals surface area (Å²) in [6.07, 6.45) is 0. The number of nitrogens with one attached hydrogen (secondary N) is 1. The minimum atomic E-state index is 0.509. The molecule has 5 heteroatoms. The van der Waals surface area contributed by atoms with Crippen LogP contribution in [0.3, 0.4) is 0 Å². The Morgan fingerprint density at radius 2 is 1.64 bits per heavy atom. The molecule has 0 fully saturated rings. The summed E-state index contributed by atoms with van der Waals surface area (Å²) < 4.78 is 13.4. The van der Waals surface area contributed by atoms with Crippen molar-refractivity contribution >= 4 is 31.9 Å². The predicted molar refractivity (Wildman–Crippen MR) is 110 cm³/mol. The van der Waals surface area contributed by atoms with Crippen molar-refractivity contribution in [2.45, 2.75) is 27.0 Å². The molecule has 2 aromatic rings. The van der Waals surface area contributed by atoms with Gasteiger partial charge in [-0.2, -0.15) is 0 Å². The van der Waals surface area contributed by atoms with E-state index in [1.807, 2.05) is 18.2 Å². The van der Waals surface area contributed by atoms with Crippen molar-refractivity contribution in [2.75, 3.05) is 19.8 Å². The lowest BCUT2D eigenvalue weighted by Gasteiger charge is -2.13. The molecule has 0 amide bonds. The lowest BCUT2D eigenvalue weighted by atomic mass is 10.2. The highest BCUT2D eigenvalue weighted by molar-refractivity contribution is 9.11. The van der Waals surface area contributed by atoms with Gasteiger partial charge >= 0.3 is 0 Å². The average molecular weight is 471 g/mol. The molecule has 0 aliphatic carbocycles. The number of ether oxygens (including phenoxy) is 2. The highest BCUT2D eigenvalue weighted by Gasteiger charge is 2.09. The molecule has 1 N–H and O–H groups in total. The summed E-state index contributed by atoms with van der Waals surface area (Å²) in [5.41, 5.74) is 2.38. The second kappa shape index (κ2) is 11.0. The van der Waals surface area contributed by atoms with E-state index in [0.717, 1.165) is 27.8 Å². The van der Waals surface area contributed by atoms with Gasteiger partial charge in [-0.1, -0.05) is 44.2 Å². The van der Waals surface area contributed by atoms with Gasteiger partial charge in [0, 0.05) is 6.54 Å². The second-order valence-electron chi connectivity index (χ2n) is 6.30. The van der Waals surface area contributed by atoms with Gasteiger partial charge in [0.15, 0.2) is 0 Å². The standard InChI is InChI=1S/C20H25Br2NO2/c1-15(2)12-23-13-17-10-18(21)20(19(22)11-17)25-9-8-24-14-16-6-4-3-5-7-16/h3-7,10-11,15,23H,8-9,12-14H2,1-2H3. The van der Waals surface area contributed by atoms with Crippen LogP contribution in [0.1, 0.15) is 25.0 Å². The van der Waals surface area contributed by atoms with Crippen LogP contribution in [0.15, 0.2) is 51.4 Å². The van der Waals surface area contributed by atoms with Crippen LogP contribution < -0.4 is 10.1 Å².